The van der Waals surface area contributed by atoms with E-state index in [1.165, 1.54) is 35.2 Å². The molecule has 4 rings (SSSR count). The number of hydrogen-bond donors (Lipinski definition) is 1. The second kappa shape index (κ2) is 4.50. The van der Waals surface area contributed by atoms with Gasteiger partial charge in [0.1, 0.15) is 5.52 Å². The van der Waals surface area contributed by atoms with Crippen molar-refractivity contribution < 1.29 is 4.39 Å². The first-order chi connectivity index (χ1) is 10.6. The third kappa shape index (κ3) is 1.87. The molecule has 0 aliphatic heterocycles. The summed E-state index contributed by atoms with van der Waals surface area (Å²) in [6, 6.07) is 5.42. The topological polar surface area (TPSA) is 69.1 Å². The average Bonchev–Trinajstić information content (AvgIpc) is 3.27. The zero-order chi connectivity index (χ0) is 15.3. The fourth-order valence-electron chi connectivity index (χ4n) is 3.00. The first-order valence-corrected chi connectivity index (χ1v) is 7.40. The van der Waals surface area contributed by atoms with E-state index in [0.717, 1.165) is 6.42 Å². The van der Waals surface area contributed by atoms with Crippen LogP contribution in [0.25, 0.3) is 16.9 Å². The molecule has 0 bridgehead atoms. The lowest BCUT2D eigenvalue weighted by Crippen LogP contribution is -2.05. The van der Waals surface area contributed by atoms with E-state index in [1.807, 2.05) is 12.3 Å². The Morgan fingerprint density at radius 1 is 1.27 bits per heavy atom. The van der Waals surface area contributed by atoms with Crippen LogP contribution in [0.1, 0.15) is 31.7 Å². The molecule has 0 atom stereocenters. The lowest BCUT2D eigenvalue weighted by molar-refractivity contribution is 0.638. The summed E-state index contributed by atoms with van der Waals surface area (Å²) in [4.78, 5) is 8.33. The number of aromatic nitrogens is 4. The summed E-state index contributed by atoms with van der Waals surface area (Å²) in [5.74, 6) is -0.281. The number of pyridine rings is 1. The number of rotatable bonds is 3. The van der Waals surface area contributed by atoms with Gasteiger partial charge in [-0.25, -0.2) is 13.9 Å². The molecule has 0 radical (unpaired) electrons. The normalized spacial score (nSPS) is 16.1. The van der Waals surface area contributed by atoms with Crippen molar-refractivity contribution in [2.45, 2.75) is 31.6 Å². The SMILES string of the molecule is CCC1(c2ccc(-c3cc(F)c4cnc(N)nn34)nc2)CC1. The summed E-state index contributed by atoms with van der Waals surface area (Å²) < 4.78 is 15.4. The molecule has 1 aliphatic carbocycles. The summed E-state index contributed by atoms with van der Waals surface area (Å²) in [6.07, 6.45) is 6.84. The molecule has 3 aromatic rings. The summed E-state index contributed by atoms with van der Waals surface area (Å²) in [5, 5.41) is 4.08. The predicted molar refractivity (Wildman–Crippen MR) is 81.8 cm³/mol. The highest BCUT2D eigenvalue weighted by Crippen LogP contribution is 2.50. The zero-order valence-electron chi connectivity index (χ0n) is 12.3. The van der Waals surface area contributed by atoms with Crippen molar-refractivity contribution in [1.29, 1.82) is 0 Å². The molecule has 0 saturated heterocycles. The molecule has 0 spiro atoms. The lowest BCUT2D eigenvalue weighted by Gasteiger charge is -2.12. The van der Waals surface area contributed by atoms with Crippen LogP contribution >= 0.6 is 0 Å². The van der Waals surface area contributed by atoms with Crippen LogP contribution in [0.15, 0.2) is 30.6 Å². The van der Waals surface area contributed by atoms with Gasteiger partial charge in [0.25, 0.3) is 0 Å². The molecule has 3 heterocycles. The number of fused-ring (bicyclic) bond motifs is 1. The highest BCUT2D eigenvalue weighted by atomic mass is 19.1. The highest BCUT2D eigenvalue weighted by molar-refractivity contribution is 5.64. The second-order valence-electron chi connectivity index (χ2n) is 5.86. The van der Waals surface area contributed by atoms with Crippen molar-refractivity contribution in [3.63, 3.8) is 0 Å². The minimum atomic E-state index is -0.381. The molecule has 112 valence electrons. The maximum Gasteiger partial charge on any atom is 0.238 e. The molecule has 1 aliphatic rings. The zero-order valence-corrected chi connectivity index (χ0v) is 12.3. The Labute approximate surface area is 127 Å². The predicted octanol–water partition coefficient (Wildman–Crippen LogP) is 2.95. The Kier molecular flexibility index (Phi) is 2.69. The highest BCUT2D eigenvalue weighted by Gasteiger charge is 2.42. The van der Waals surface area contributed by atoms with Crippen molar-refractivity contribution in [1.82, 2.24) is 19.6 Å². The van der Waals surface area contributed by atoms with Crippen LogP contribution in [-0.4, -0.2) is 19.6 Å². The van der Waals surface area contributed by atoms with Gasteiger partial charge in [-0.2, -0.15) is 0 Å². The van der Waals surface area contributed by atoms with Crippen molar-refractivity contribution in [2.24, 2.45) is 0 Å². The van der Waals surface area contributed by atoms with E-state index in [2.05, 4.69) is 28.1 Å². The van der Waals surface area contributed by atoms with Gasteiger partial charge in [0.05, 0.1) is 17.6 Å². The molecule has 6 heteroatoms. The maximum absolute atomic E-state index is 14.0. The number of hydrogen-bond acceptors (Lipinski definition) is 4. The number of nitrogen functional groups attached to an aromatic ring is 1. The van der Waals surface area contributed by atoms with Gasteiger partial charge in [0.2, 0.25) is 5.95 Å². The Morgan fingerprint density at radius 3 is 2.73 bits per heavy atom. The first kappa shape index (κ1) is 13.2. The van der Waals surface area contributed by atoms with Crippen molar-refractivity contribution in [3.8, 4) is 11.4 Å². The number of anilines is 1. The van der Waals surface area contributed by atoms with Crippen LogP contribution in [-0.2, 0) is 5.41 Å². The molecule has 2 N–H and O–H groups in total. The molecule has 1 fully saturated rings. The van der Waals surface area contributed by atoms with Crippen LogP contribution in [0.3, 0.4) is 0 Å². The van der Waals surface area contributed by atoms with Crippen molar-refractivity contribution in [2.75, 3.05) is 5.73 Å². The smallest absolute Gasteiger partial charge is 0.238 e. The summed E-state index contributed by atoms with van der Waals surface area (Å²) in [7, 11) is 0. The van der Waals surface area contributed by atoms with Crippen LogP contribution in [0.5, 0.6) is 0 Å². The van der Waals surface area contributed by atoms with E-state index in [0.29, 0.717) is 22.3 Å². The Bertz CT molecular complexity index is 849. The maximum atomic E-state index is 14.0. The standard InChI is InChI=1S/C16H16FN5/c1-2-16(5-6-16)10-3-4-12(19-8-10)13-7-11(17)14-9-20-15(18)21-22(13)14/h3-4,7-9H,2,5-6H2,1H3,(H2,18,21). The van der Waals surface area contributed by atoms with Gasteiger partial charge >= 0.3 is 0 Å². The molecule has 22 heavy (non-hydrogen) atoms. The largest absolute Gasteiger partial charge is 0.367 e. The molecule has 5 nitrogen and oxygen atoms in total. The minimum Gasteiger partial charge on any atom is -0.367 e. The van der Waals surface area contributed by atoms with Gasteiger partial charge in [-0.15, -0.1) is 5.10 Å². The summed E-state index contributed by atoms with van der Waals surface area (Å²) >= 11 is 0. The van der Waals surface area contributed by atoms with Gasteiger partial charge in [0.15, 0.2) is 5.82 Å². The lowest BCUT2D eigenvalue weighted by atomic mass is 9.95. The second-order valence-corrected chi connectivity index (χ2v) is 5.86. The Hall–Kier alpha value is -2.50. The van der Waals surface area contributed by atoms with Gasteiger partial charge in [-0.1, -0.05) is 13.0 Å². The monoisotopic (exact) mass is 297 g/mol. The summed E-state index contributed by atoms with van der Waals surface area (Å²) in [6.45, 7) is 2.20. The molecule has 0 aromatic carbocycles. The molecule has 1 saturated carbocycles. The van der Waals surface area contributed by atoms with Crippen molar-refractivity contribution in [3.05, 3.63) is 42.0 Å². The molecule has 0 unspecified atom stereocenters. The van der Waals surface area contributed by atoms with Crippen LogP contribution < -0.4 is 5.73 Å². The van der Waals surface area contributed by atoms with E-state index in [1.54, 1.807) is 0 Å². The van der Waals surface area contributed by atoms with Gasteiger partial charge in [0, 0.05) is 12.3 Å². The van der Waals surface area contributed by atoms with E-state index >= 15 is 0 Å². The van der Waals surface area contributed by atoms with E-state index < -0.39 is 0 Å². The molecular weight excluding hydrogens is 281 g/mol. The summed E-state index contributed by atoms with van der Waals surface area (Å²) in [5.41, 5.74) is 8.72. The fraction of sp³-hybridized carbons (Fsp3) is 0.312. The van der Waals surface area contributed by atoms with Crippen LogP contribution in [0, 0.1) is 5.82 Å². The first-order valence-electron chi connectivity index (χ1n) is 7.40. The number of nitrogens with zero attached hydrogens (tertiary/aromatic N) is 4. The third-order valence-electron chi connectivity index (χ3n) is 4.65. The van der Waals surface area contributed by atoms with E-state index in [9.17, 15) is 4.39 Å². The molecule has 3 aromatic heterocycles. The number of nitrogens with two attached hydrogens (primary N) is 1. The Morgan fingerprint density at radius 2 is 2.09 bits per heavy atom. The van der Waals surface area contributed by atoms with Crippen molar-refractivity contribution >= 4 is 11.5 Å². The van der Waals surface area contributed by atoms with E-state index in [4.69, 9.17) is 5.73 Å². The quantitative estimate of drug-likeness (QED) is 0.807. The van der Waals surface area contributed by atoms with Crippen LogP contribution in [0.4, 0.5) is 10.3 Å². The minimum absolute atomic E-state index is 0.101. The van der Waals surface area contributed by atoms with Gasteiger partial charge < -0.3 is 5.73 Å². The molecular formula is C16H16FN5. The van der Waals surface area contributed by atoms with Crippen LogP contribution in [0.2, 0.25) is 0 Å². The van der Waals surface area contributed by atoms with Gasteiger partial charge in [-0.05, 0) is 36.3 Å². The molecule has 0 amide bonds. The Balaban J connectivity index is 1.80. The third-order valence-corrected chi connectivity index (χ3v) is 4.65. The number of halogens is 1. The van der Waals surface area contributed by atoms with E-state index in [-0.39, 0.29) is 11.8 Å². The van der Waals surface area contributed by atoms with Gasteiger partial charge in [-0.3, -0.25) is 4.98 Å². The average molecular weight is 297 g/mol. The fourth-order valence-corrected chi connectivity index (χ4v) is 3.00.